The second kappa shape index (κ2) is 7.49. The molecule has 0 amide bonds. The monoisotopic (exact) mass is 279 g/mol. The van der Waals surface area contributed by atoms with Gasteiger partial charge in [0.25, 0.3) is 0 Å². The average molecular weight is 279 g/mol. The van der Waals surface area contributed by atoms with Crippen molar-refractivity contribution in [1.29, 1.82) is 0 Å². The second-order valence-electron chi connectivity index (χ2n) is 4.61. The first kappa shape index (κ1) is 16.0. The summed E-state index contributed by atoms with van der Waals surface area (Å²) in [7, 11) is 0. The number of ether oxygens (including phenoxy) is 1. The molecular weight excluding hydrogens is 259 g/mol. The number of hydrogen-bond acceptors (Lipinski definition) is 3. The lowest BCUT2D eigenvalue weighted by atomic mass is 10.3. The normalized spacial score (nSPS) is 12.3. The number of halogens is 3. The van der Waals surface area contributed by atoms with Crippen LogP contribution in [-0.2, 0) is 17.8 Å². The molecule has 0 unspecified atom stereocenters. The quantitative estimate of drug-likeness (QED) is 0.742. The van der Waals surface area contributed by atoms with Crippen LogP contribution >= 0.6 is 0 Å². The summed E-state index contributed by atoms with van der Waals surface area (Å²) in [6.45, 7) is 4.86. The van der Waals surface area contributed by atoms with Crippen molar-refractivity contribution in [3.05, 3.63) is 18.0 Å². The van der Waals surface area contributed by atoms with E-state index in [9.17, 15) is 13.2 Å². The minimum absolute atomic E-state index is 0.223. The molecule has 1 aromatic heterocycles. The minimum atomic E-state index is -4.23. The first-order valence-electron chi connectivity index (χ1n) is 6.27. The number of hydrogen-bond donors (Lipinski definition) is 1. The van der Waals surface area contributed by atoms with Crippen molar-refractivity contribution in [2.45, 2.75) is 45.6 Å². The van der Waals surface area contributed by atoms with E-state index in [2.05, 4.69) is 10.4 Å². The zero-order valence-electron chi connectivity index (χ0n) is 11.2. The van der Waals surface area contributed by atoms with E-state index in [1.165, 1.54) is 12.4 Å². The van der Waals surface area contributed by atoms with Gasteiger partial charge in [-0.15, -0.1) is 0 Å². The molecule has 0 radical (unpaired) electrons. The first-order chi connectivity index (χ1) is 8.87. The Balaban J connectivity index is 2.16. The van der Waals surface area contributed by atoms with Gasteiger partial charge in [0, 0.05) is 24.9 Å². The molecular formula is C12H20F3N3O. The second-order valence-corrected chi connectivity index (χ2v) is 4.61. The van der Waals surface area contributed by atoms with Gasteiger partial charge in [0.1, 0.15) is 6.54 Å². The number of nitrogens with zero attached hydrogens (tertiary/aromatic N) is 2. The van der Waals surface area contributed by atoms with Gasteiger partial charge >= 0.3 is 6.18 Å². The Hall–Kier alpha value is -1.08. The fraction of sp³-hybridized carbons (Fsp3) is 0.750. The summed E-state index contributed by atoms with van der Waals surface area (Å²) in [5, 5.41) is 6.81. The highest BCUT2D eigenvalue weighted by Gasteiger charge is 2.28. The molecule has 0 bridgehead atoms. The molecule has 1 aromatic rings. The van der Waals surface area contributed by atoms with Crippen molar-refractivity contribution in [3.63, 3.8) is 0 Å². The zero-order chi connectivity index (χ0) is 14.3. The highest BCUT2D eigenvalue weighted by molar-refractivity contribution is 5.03. The molecule has 1 heterocycles. The summed E-state index contributed by atoms with van der Waals surface area (Å²) in [5.74, 6) is 0. The van der Waals surface area contributed by atoms with E-state index in [-0.39, 0.29) is 6.10 Å². The predicted molar refractivity (Wildman–Crippen MR) is 65.7 cm³/mol. The smallest absolute Gasteiger partial charge is 0.379 e. The molecule has 0 saturated carbocycles. The summed E-state index contributed by atoms with van der Waals surface area (Å²) < 4.78 is 42.6. The van der Waals surface area contributed by atoms with Gasteiger partial charge in [-0.1, -0.05) is 0 Å². The van der Waals surface area contributed by atoms with Gasteiger partial charge in [-0.2, -0.15) is 18.3 Å². The third kappa shape index (κ3) is 7.84. The molecule has 0 aliphatic carbocycles. The van der Waals surface area contributed by atoms with E-state index < -0.39 is 12.7 Å². The van der Waals surface area contributed by atoms with Gasteiger partial charge in [-0.05, 0) is 26.8 Å². The number of nitrogens with one attached hydrogen (secondary N) is 1. The Kier molecular flexibility index (Phi) is 6.30. The van der Waals surface area contributed by atoms with Crippen LogP contribution in [0.5, 0.6) is 0 Å². The Morgan fingerprint density at radius 3 is 2.79 bits per heavy atom. The molecule has 0 atom stereocenters. The van der Waals surface area contributed by atoms with E-state index >= 15 is 0 Å². The lowest BCUT2D eigenvalue weighted by molar-refractivity contribution is -0.142. The molecule has 1 N–H and O–H groups in total. The standard InChI is InChI=1S/C12H20F3N3O/c1-10(2)19-5-3-4-16-6-11-7-17-18(8-11)9-12(13,14)15/h7-8,10,16H,3-6,9H2,1-2H3. The van der Waals surface area contributed by atoms with Crippen molar-refractivity contribution in [1.82, 2.24) is 15.1 Å². The van der Waals surface area contributed by atoms with Crippen LogP contribution in [0.3, 0.4) is 0 Å². The Morgan fingerprint density at radius 2 is 2.16 bits per heavy atom. The number of alkyl halides is 3. The molecule has 110 valence electrons. The lowest BCUT2D eigenvalue weighted by Crippen LogP contribution is -2.18. The van der Waals surface area contributed by atoms with Crippen LogP contribution in [0.25, 0.3) is 0 Å². The van der Waals surface area contributed by atoms with Crippen LogP contribution in [0.15, 0.2) is 12.4 Å². The molecule has 4 nitrogen and oxygen atoms in total. The molecule has 0 spiro atoms. The van der Waals surface area contributed by atoms with Crippen molar-refractivity contribution < 1.29 is 17.9 Å². The van der Waals surface area contributed by atoms with Gasteiger partial charge in [0.2, 0.25) is 0 Å². The lowest BCUT2D eigenvalue weighted by Gasteiger charge is -2.07. The van der Waals surface area contributed by atoms with Gasteiger partial charge in [0.05, 0.1) is 12.3 Å². The van der Waals surface area contributed by atoms with Crippen LogP contribution in [0.4, 0.5) is 13.2 Å². The van der Waals surface area contributed by atoms with Crippen LogP contribution in [-0.4, -0.2) is 35.2 Å². The maximum Gasteiger partial charge on any atom is 0.408 e. The van der Waals surface area contributed by atoms with Crippen molar-refractivity contribution >= 4 is 0 Å². The topological polar surface area (TPSA) is 39.1 Å². The van der Waals surface area contributed by atoms with Gasteiger partial charge in [-0.3, -0.25) is 4.68 Å². The van der Waals surface area contributed by atoms with Crippen LogP contribution < -0.4 is 5.32 Å². The van der Waals surface area contributed by atoms with Crippen molar-refractivity contribution in [3.8, 4) is 0 Å². The highest BCUT2D eigenvalue weighted by Crippen LogP contribution is 2.16. The van der Waals surface area contributed by atoms with Crippen LogP contribution in [0.1, 0.15) is 25.8 Å². The fourth-order valence-corrected chi connectivity index (χ4v) is 1.52. The molecule has 0 saturated heterocycles. The first-order valence-corrected chi connectivity index (χ1v) is 6.27. The fourth-order valence-electron chi connectivity index (χ4n) is 1.52. The molecule has 19 heavy (non-hydrogen) atoms. The molecule has 0 fully saturated rings. The minimum Gasteiger partial charge on any atom is -0.379 e. The van der Waals surface area contributed by atoms with Gasteiger partial charge in [-0.25, -0.2) is 0 Å². The van der Waals surface area contributed by atoms with Gasteiger partial charge < -0.3 is 10.1 Å². The Labute approximate surface area is 110 Å². The van der Waals surface area contributed by atoms with E-state index in [4.69, 9.17) is 4.74 Å². The summed E-state index contributed by atoms with van der Waals surface area (Å²) >= 11 is 0. The third-order valence-corrected chi connectivity index (χ3v) is 2.31. The molecule has 7 heteroatoms. The summed E-state index contributed by atoms with van der Waals surface area (Å²) in [6, 6.07) is 0. The van der Waals surface area contributed by atoms with E-state index in [0.29, 0.717) is 13.2 Å². The number of aromatic nitrogens is 2. The molecule has 0 aliphatic heterocycles. The maximum atomic E-state index is 12.1. The molecule has 0 aromatic carbocycles. The van der Waals surface area contributed by atoms with Gasteiger partial charge in [0.15, 0.2) is 0 Å². The van der Waals surface area contributed by atoms with Crippen molar-refractivity contribution in [2.24, 2.45) is 0 Å². The number of rotatable bonds is 8. The van der Waals surface area contributed by atoms with E-state index in [0.717, 1.165) is 23.2 Å². The highest BCUT2D eigenvalue weighted by atomic mass is 19.4. The largest absolute Gasteiger partial charge is 0.408 e. The summed E-state index contributed by atoms with van der Waals surface area (Å²) in [5.41, 5.74) is 0.744. The maximum absolute atomic E-state index is 12.1. The third-order valence-electron chi connectivity index (χ3n) is 2.31. The molecule has 1 rings (SSSR count). The van der Waals surface area contributed by atoms with Crippen LogP contribution in [0.2, 0.25) is 0 Å². The summed E-state index contributed by atoms with van der Waals surface area (Å²) in [6.07, 6.45) is -0.283. The van der Waals surface area contributed by atoms with E-state index in [1.807, 2.05) is 13.8 Å². The Morgan fingerprint density at radius 1 is 1.42 bits per heavy atom. The van der Waals surface area contributed by atoms with E-state index in [1.54, 1.807) is 0 Å². The summed E-state index contributed by atoms with van der Waals surface area (Å²) in [4.78, 5) is 0. The Bertz CT molecular complexity index is 363. The SMILES string of the molecule is CC(C)OCCCNCc1cnn(CC(F)(F)F)c1. The van der Waals surface area contributed by atoms with Crippen molar-refractivity contribution in [2.75, 3.05) is 13.2 Å². The predicted octanol–water partition coefficient (Wildman–Crippen LogP) is 2.35. The zero-order valence-corrected chi connectivity index (χ0v) is 11.2. The molecule has 0 aliphatic rings. The van der Waals surface area contributed by atoms with Crippen LogP contribution in [0, 0.1) is 0 Å². The average Bonchev–Trinajstić information content (AvgIpc) is 2.68.